The fraction of sp³-hybridized carbons (Fsp3) is 0.188. The molecule has 0 atom stereocenters. The van der Waals surface area contributed by atoms with Crippen molar-refractivity contribution in [1.82, 2.24) is 14.8 Å². The van der Waals surface area contributed by atoms with Gasteiger partial charge in [-0.15, -0.1) is 10.2 Å². The van der Waals surface area contributed by atoms with Crippen LogP contribution in [0, 0.1) is 6.92 Å². The minimum absolute atomic E-state index is 0.0851. The molecule has 24 heavy (non-hydrogen) atoms. The van der Waals surface area contributed by atoms with Gasteiger partial charge in [0.1, 0.15) is 5.75 Å². The molecule has 0 spiro atoms. The minimum Gasteiger partial charge on any atom is -0.497 e. The Balaban J connectivity index is 2.21. The number of aliphatic carboxylic acids is 1. The number of hydrogen-bond acceptors (Lipinski definition) is 5. The zero-order valence-electron chi connectivity index (χ0n) is 13.0. The third kappa shape index (κ3) is 3.11. The maximum absolute atomic E-state index is 10.9. The molecule has 0 aliphatic heterocycles. The first-order chi connectivity index (χ1) is 11.5. The first-order valence-corrected chi connectivity index (χ1v) is 8.82. The summed E-state index contributed by atoms with van der Waals surface area (Å²) in [5, 5.41) is 19.6. The van der Waals surface area contributed by atoms with Crippen LogP contribution in [0.25, 0.3) is 16.5 Å². The molecule has 124 valence electrons. The number of fused-ring (bicyclic) bond motifs is 1. The SMILES string of the molecule is COc1ccc2c(C)ccc(-n3c(Br)nnc3SCC(=O)O)c2c1. The van der Waals surface area contributed by atoms with Crippen molar-refractivity contribution < 1.29 is 14.6 Å². The lowest BCUT2D eigenvalue weighted by Gasteiger charge is -2.13. The highest BCUT2D eigenvalue weighted by molar-refractivity contribution is 9.10. The van der Waals surface area contributed by atoms with Gasteiger partial charge in [-0.2, -0.15) is 0 Å². The second kappa shape index (κ2) is 6.82. The Hall–Kier alpha value is -2.06. The van der Waals surface area contributed by atoms with Crippen LogP contribution >= 0.6 is 27.7 Å². The summed E-state index contributed by atoms with van der Waals surface area (Å²) in [7, 11) is 1.62. The molecule has 0 unspecified atom stereocenters. The lowest BCUT2D eigenvalue weighted by molar-refractivity contribution is -0.133. The quantitative estimate of drug-likeness (QED) is 0.650. The van der Waals surface area contributed by atoms with E-state index in [-0.39, 0.29) is 5.75 Å². The fourth-order valence-electron chi connectivity index (χ4n) is 2.46. The lowest BCUT2D eigenvalue weighted by atomic mass is 10.0. The van der Waals surface area contributed by atoms with E-state index in [1.165, 1.54) is 0 Å². The van der Waals surface area contributed by atoms with Crippen molar-refractivity contribution in [2.75, 3.05) is 12.9 Å². The fourth-order valence-corrected chi connectivity index (χ4v) is 3.68. The van der Waals surface area contributed by atoms with E-state index in [9.17, 15) is 4.79 Å². The van der Waals surface area contributed by atoms with Gasteiger partial charge in [0.05, 0.1) is 18.6 Å². The summed E-state index contributed by atoms with van der Waals surface area (Å²) in [6.45, 7) is 2.04. The monoisotopic (exact) mass is 407 g/mol. The maximum Gasteiger partial charge on any atom is 0.313 e. The summed E-state index contributed by atoms with van der Waals surface area (Å²) in [5.74, 6) is -0.238. The number of methoxy groups -OCH3 is 1. The Morgan fingerprint density at radius 2 is 2.08 bits per heavy atom. The van der Waals surface area contributed by atoms with Gasteiger partial charge in [0.2, 0.25) is 4.73 Å². The number of rotatable bonds is 5. The Bertz CT molecular complexity index is 926. The number of aryl methyl sites for hydroxylation is 1. The molecular weight excluding hydrogens is 394 g/mol. The number of halogens is 1. The van der Waals surface area contributed by atoms with Gasteiger partial charge in [-0.05, 0) is 52.0 Å². The van der Waals surface area contributed by atoms with E-state index in [0.29, 0.717) is 9.89 Å². The molecule has 0 radical (unpaired) electrons. The van der Waals surface area contributed by atoms with Crippen LogP contribution in [0.1, 0.15) is 5.56 Å². The number of aromatic nitrogens is 3. The molecule has 0 bridgehead atoms. The highest BCUT2D eigenvalue weighted by Gasteiger charge is 2.17. The molecule has 2 aromatic carbocycles. The van der Waals surface area contributed by atoms with E-state index in [1.807, 2.05) is 37.3 Å². The van der Waals surface area contributed by atoms with Crippen molar-refractivity contribution >= 4 is 44.4 Å². The predicted octanol–water partition coefficient (Wildman–Crippen LogP) is 3.68. The smallest absolute Gasteiger partial charge is 0.313 e. The molecule has 1 heterocycles. The molecule has 1 aromatic heterocycles. The van der Waals surface area contributed by atoms with Gasteiger partial charge in [0.25, 0.3) is 0 Å². The average Bonchev–Trinajstić information content (AvgIpc) is 2.93. The summed E-state index contributed by atoms with van der Waals surface area (Å²) in [6.07, 6.45) is 0. The largest absolute Gasteiger partial charge is 0.497 e. The van der Waals surface area contributed by atoms with E-state index in [0.717, 1.165) is 39.5 Å². The Morgan fingerprint density at radius 3 is 2.79 bits per heavy atom. The normalized spacial score (nSPS) is 11.0. The minimum atomic E-state index is -0.902. The zero-order valence-corrected chi connectivity index (χ0v) is 15.4. The molecule has 6 nitrogen and oxygen atoms in total. The number of hydrogen-bond donors (Lipinski definition) is 1. The standard InChI is InChI=1S/C16H14BrN3O3S/c1-9-3-6-13(12-7-10(23-2)4-5-11(9)12)20-15(17)18-19-16(20)24-8-14(21)22/h3-7H,8H2,1-2H3,(H,21,22). The van der Waals surface area contributed by atoms with Crippen LogP contribution in [0.4, 0.5) is 0 Å². The van der Waals surface area contributed by atoms with Gasteiger partial charge < -0.3 is 9.84 Å². The average molecular weight is 408 g/mol. The molecule has 0 saturated carbocycles. The van der Waals surface area contributed by atoms with E-state index >= 15 is 0 Å². The number of thioether (sulfide) groups is 1. The Labute approximate surface area is 151 Å². The Morgan fingerprint density at radius 1 is 1.29 bits per heavy atom. The van der Waals surface area contributed by atoms with E-state index in [2.05, 4.69) is 26.1 Å². The van der Waals surface area contributed by atoms with Crippen LogP contribution in [0.2, 0.25) is 0 Å². The van der Waals surface area contributed by atoms with Crippen molar-refractivity contribution in [3.05, 3.63) is 40.6 Å². The topological polar surface area (TPSA) is 77.2 Å². The van der Waals surface area contributed by atoms with Crippen LogP contribution in [0.5, 0.6) is 5.75 Å². The molecule has 8 heteroatoms. The first kappa shape index (κ1) is 16.8. The molecule has 0 amide bonds. The van der Waals surface area contributed by atoms with E-state index < -0.39 is 5.97 Å². The van der Waals surface area contributed by atoms with Gasteiger partial charge in [0.15, 0.2) is 5.16 Å². The number of benzene rings is 2. The molecule has 0 fully saturated rings. The third-order valence-electron chi connectivity index (χ3n) is 3.58. The zero-order chi connectivity index (χ0) is 17.3. The van der Waals surface area contributed by atoms with Crippen LogP contribution in [-0.4, -0.2) is 38.7 Å². The van der Waals surface area contributed by atoms with Gasteiger partial charge in [0, 0.05) is 5.39 Å². The molecule has 3 rings (SSSR count). The van der Waals surface area contributed by atoms with Crippen molar-refractivity contribution in [3.8, 4) is 11.4 Å². The van der Waals surface area contributed by atoms with Gasteiger partial charge >= 0.3 is 5.97 Å². The van der Waals surface area contributed by atoms with Gasteiger partial charge in [-0.3, -0.25) is 9.36 Å². The third-order valence-corrected chi connectivity index (χ3v) is 5.01. The van der Waals surface area contributed by atoms with E-state index in [1.54, 1.807) is 11.7 Å². The van der Waals surface area contributed by atoms with Crippen LogP contribution in [0.15, 0.2) is 40.2 Å². The molecule has 0 saturated heterocycles. The number of ether oxygens (including phenoxy) is 1. The summed E-state index contributed by atoms with van der Waals surface area (Å²) in [4.78, 5) is 10.9. The highest BCUT2D eigenvalue weighted by Crippen LogP contribution is 2.33. The Kier molecular flexibility index (Phi) is 4.77. The summed E-state index contributed by atoms with van der Waals surface area (Å²) in [6, 6.07) is 9.86. The van der Waals surface area contributed by atoms with Crippen LogP contribution in [0.3, 0.4) is 0 Å². The van der Waals surface area contributed by atoms with Crippen LogP contribution < -0.4 is 4.74 Å². The lowest BCUT2D eigenvalue weighted by Crippen LogP contribution is -2.03. The van der Waals surface area contributed by atoms with E-state index in [4.69, 9.17) is 9.84 Å². The number of nitrogens with zero attached hydrogens (tertiary/aromatic N) is 3. The number of carboxylic acids is 1. The molecule has 0 aliphatic rings. The molecule has 0 aliphatic carbocycles. The number of carbonyl (C=O) groups is 1. The predicted molar refractivity (Wildman–Crippen MR) is 96.2 cm³/mol. The maximum atomic E-state index is 10.9. The highest BCUT2D eigenvalue weighted by atomic mass is 79.9. The summed E-state index contributed by atoms with van der Waals surface area (Å²) >= 11 is 4.52. The van der Waals surface area contributed by atoms with Crippen molar-refractivity contribution in [2.24, 2.45) is 0 Å². The van der Waals surface area contributed by atoms with Crippen molar-refractivity contribution in [3.63, 3.8) is 0 Å². The van der Waals surface area contributed by atoms with Gasteiger partial charge in [-0.25, -0.2) is 0 Å². The first-order valence-electron chi connectivity index (χ1n) is 7.04. The second-order valence-electron chi connectivity index (χ2n) is 5.08. The molecule has 1 N–H and O–H groups in total. The van der Waals surface area contributed by atoms with Crippen molar-refractivity contribution in [1.29, 1.82) is 0 Å². The van der Waals surface area contributed by atoms with Crippen molar-refractivity contribution in [2.45, 2.75) is 12.1 Å². The van der Waals surface area contributed by atoms with Gasteiger partial charge in [-0.1, -0.05) is 23.9 Å². The summed E-state index contributed by atoms with van der Waals surface area (Å²) < 4.78 is 7.66. The second-order valence-corrected chi connectivity index (χ2v) is 6.73. The molecule has 3 aromatic rings. The van der Waals surface area contributed by atoms with Crippen LogP contribution in [-0.2, 0) is 4.79 Å². The summed E-state index contributed by atoms with van der Waals surface area (Å²) in [5.41, 5.74) is 2.00. The number of carboxylic acid groups (broad SMARTS) is 1. The molecular formula is C16H14BrN3O3S.